The second-order valence-electron chi connectivity index (χ2n) is 7.40. The van der Waals surface area contributed by atoms with Gasteiger partial charge in [0.2, 0.25) is 0 Å². The van der Waals surface area contributed by atoms with Crippen LogP contribution in [0.3, 0.4) is 0 Å². The monoisotopic (exact) mass is 530 g/mol. The first-order valence-electron chi connectivity index (χ1n) is 10.3. The van der Waals surface area contributed by atoms with E-state index in [9.17, 15) is 0 Å². The molecule has 2 N–H and O–H groups in total. The Hall–Kier alpha value is -2.18. The molecular weight excluding hydrogens is 504 g/mol. The summed E-state index contributed by atoms with van der Waals surface area (Å²) in [6.07, 6.45) is 0.812. The molecule has 0 unspecified atom stereocenters. The third-order valence-corrected chi connectivity index (χ3v) is 5.59. The van der Waals surface area contributed by atoms with Crippen molar-refractivity contribution in [3.05, 3.63) is 101 Å². The number of benzene rings is 3. The fourth-order valence-electron chi connectivity index (χ4n) is 3.04. The Morgan fingerprint density at radius 2 is 1.47 bits per heavy atom. The van der Waals surface area contributed by atoms with Gasteiger partial charge < -0.3 is 22.1 Å². The summed E-state index contributed by atoms with van der Waals surface area (Å²) in [6, 6.07) is 28.9. The van der Waals surface area contributed by atoms with Gasteiger partial charge in [0, 0.05) is 28.5 Å². The number of hydrogen-bond acceptors (Lipinski definition) is 3. The van der Waals surface area contributed by atoms with E-state index in [0.29, 0.717) is 0 Å². The lowest BCUT2D eigenvalue weighted by molar-refractivity contribution is -0.667. The lowest BCUT2D eigenvalue weighted by atomic mass is 10.1. The van der Waals surface area contributed by atoms with Crippen molar-refractivity contribution in [1.29, 1.82) is 0 Å². The Balaban J connectivity index is 0.000000672. The number of rotatable bonds is 6. The molecule has 4 aromatic rings. The number of nitrogens with zero attached hydrogens (tertiary/aromatic N) is 1. The molecule has 0 saturated carbocycles. The van der Waals surface area contributed by atoms with E-state index < -0.39 is 0 Å². The van der Waals surface area contributed by atoms with E-state index in [2.05, 4.69) is 69.9 Å². The van der Waals surface area contributed by atoms with E-state index in [1.165, 1.54) is 16.8 Å². The van der Waals surface area contributed by atoms with Gasteiger partial charge in [-0.3, -0.25) is 0 Å². The minimum Gasteiger partial charge on any atom is -1.00 e. The molecule has 4 rings (SSSR count). The summed E-state index contributed by atoms with van der Waals surface area (Å²) in [5, 5.41) is 15.7. The lowest BCUT2D eigenvalue weighted by Crippen LogP contribution is -3.00. The van der Waals surface area contributed by atoms with Gasteiger partial charge in [0.25, 0.3) is 0 Å². The standard InChI is InChI=1S/C23H19ClN2S.C3H8O.BrH/c24-20-13-11-19(12-14-20)22-17-27-23(25-21-9-5-2-6-10-21)26(22)16-15-18-7-3-1-4-8-18;1-3(2)4;/h1-14,17H,15-16H2;3-4H,1-2H3;1H. The molecule has 0 saturated heterocycles. The van der Waals surface area contributed by atoms with Crippen LogP contribution in [0.15, 0.2) is 90.3 Å². The molecule has 0 radical (unpaired) electrons. The van der Waals surface area contributed by atoms with Crippen LogP contribution in [0.2, 0.25) is 5.02 Å². The first-order valence-corrected chi connectivity index (χ1v) is 11.6. The zero-order valence-electron chi connectivity index (χ0n) is 18.2. The van der Waals surface area contributed by atoms with Gasteiger partial charge in [0.15, 0.2) is 0 Å². The minimum absolute atomic E-state index is 0. The van der Waals surface area contributed by atoms with Crippen molar-refractivity contribution in [3.63, 3.8) is 0 Å². The number of nitrogens with one attached hydrogen (secondary N) is 1. The number of para-hydroxylation sites is 1. The summed E-state index contributed by atoms with van der Waals surface area (Å²) in [6.45, 7) is 4.35. The van der Waals surface area contributed by atoms with Crippen LogP contribution in [0.4, 0.5) is 10.8 Å². The maximum absolute atomic E-state index is 8.06. The highest BCUT2D eigenvalue weighted by Gasteiger charge is 2.19. The van der Waals surface area contributed by atoms with E-state index in [-0.39, 0.29) is 23.1 Å². The molecular formula is C26H28BrClN2OS. The van der Waals surface area contributed by atoms with Crippen molar-refractivity contribution in [2.24, 2.45) is 0 Å². The maximum atomic E-state index is 8.06. The molecule has 0 bridgehead atoms. The highest BCUT2D eigenvalue weighted by Crippen LogP contribution is 2.26. The quantitative estimate of drug-likeness (QED) is 0.372. The Bertz CT molecular complexity index is 1050. The summed E-state index contributed by atoms with van der Waals surface area (Å²) in [5.74, 6) is 0. The molecule has 1 heterocycles. The van der Waals surface area contributed by atoms with E-state index in [1.807, 2.05) is 30.3 Å². The Labute approximate surface area is 210 Å². The molecule has 0 amide bonds. The molecule has 0 aliphatic heterocycles. The third-order valence-electron chi connectivity index (χ3n) is 4.45. The SMILES string of the molecule is CC(C)O.Clc1ccc(-c2csc(Nc3ccccc3)[n+]2CCc2ccccc2)cc1.[Br-]. The van der Waals surface area contributed by atoms with E-state index in [4.69, 9.17) is 16.7 Å². The molecule has 0 spiro atoms. The molecule has 0 aliphatic rings. The zero-order valence-corrected chi connectivity index (χ0v) is 21.4. The number of thiazole rings is 1. The van der Waals surface area contributed by atoms with Crippen molar-refractivity contribution in [2.45, 2.75) is 32.9 Å². The number of aliphatic hydroxyl groups is 1. The highest BCUT2D eigenvalue weighted by atomic mass is 79.9. The van der Waals surface area contributed by atoms with E-state index >= 15 is 0 Å². The summed E-state index contributed by atoms with van der Waals surface area (Å²) in [4.78, 5) is 0. The fourth-order valence-corrected chi connectivity index (χ4v) is 4.15. The highest BCUT2D eigenvalue weighted by molar-refractivity contribution is 7.13. The molecule has 3 aromatic carbocycles. The van der Waals surface area contributed by atoms with Crippen LogP contribution in [-0.2, 0) is 13.0 Å². The van der Waals surface area contributed by atoms with E-state index in [1.54, 1.807) is 25.2 Å². The number of hydrogen-bond donors (Lipinski definition) is 2. The van der Waals surface area contributed by atoms with Crippen LogP contribution in [0.5, 0.6) is 0 Å². The summed E-state index contributed by atoms with van der Waals surface area (Å²) >= 11 is 7.80. The van der Waals surface area contributed by atoms with Gasteiger partial charge in [0.05, 0.1) is 6.54 Å². The number of anilines is 2. The normalized spacial score (nSPS) is 10.2. The van der Waals surface area contributed by atoms with E-state index in [0.717, 1.165) is 28.8 Å². The number of aromatic nitrogens is 1. The van der Waals surface area contributed by atoms with Gasteiger partial charge in [-0.25, -0.2) is 9.88 Å². The number of halogens is 2. The molecule has 6 heteroatoms. The van der Waals surface area contributed by atoms with Crippen molar-refractivity contribution < 1.29 is 26.7 Å². The molecule has 0 atom stereocenters. The van der Waals surface area contributed by atoms with Gasteiger partial charge in [-0.15, -0.1) is 0 Å². The molecule has 32 heavy (non-hydrogen) atoms. The Kier molecular flexibility index (Phi) is 10.9. The first-order chi connectivity index (χ1) is 15.0. The number of aliphatic hydroxyl groups excluding tert-OH is 1. The van der Waals surface area contributed by atoms with Gasteiger partial charge in [-0.05, 0) is 55.8 Å². The zero-order chi connectivity index (χ0) is 22.1. The van der Waals surface area contributed by atoms with Crippen LogP contribution in [0.25, 0.3) is 11.3 Å². The average Bonchev–Trinajstić information content (AvgIpc) is 3.16. The molecule has 0 fully saturated rings. The lowest BCUT2D eigenvalue weighted by Gasteiger charge is -2.07. The largest absolute Gasteiger partial charge is 1.00 e. The second kappa shape index (κ2) is 13.4. The van der Waals surface area contributed by atoms with Crippen molar-refractivity contribution in [3.8, 4) is 11.3 Å². The smallest absolute Gasteiger partial charge is 0.339 e. The maximum Gasteiger partial charge on any atom is 0.339 e. The number of aryl methyl sites for hydroxylation is 1. The Morgan fingerprint density at radius 3 is 2.06 bits per heavy atom. The van der Waals surface area contributed by atoms with Crippen molar-refractivity contribution >= 4 is 33.8 Å². The van der Waals surface area contributed by atoms with Gasteiger partial charge >= 0.3 is 5.13 Å². The Morgan fingerprint density at radius 1 is 0.906 bits per heavy atom. The molecule has 168 valence electrons. The van der Waals surface area contributed by atoms with Crippen molar-refractivity contribution in [1.82, 2.24) is 0 Å². The summed E-state index contributed by atoms with van der Waals surface area (Å²) < 4.78 is 2.36. The van der Waals surface area contributed by atoms with Crippen LogP contribution >= 0.6 is 22.9 Å². The van der Waals surface area contributed by atoms with Crippen LogP contribution in [0, 0.1) is 0 Å². The predicted octanol–water partition coefficient (Wildman–Crippen LogP) is 3.73. The second-order valence-corrected chi connectivity index (χ2v) is 8.70. The third kappa shape index (κ3) is 8.06. The minimum atomic E-state index is -0.167. The van der Waals surface area contributed by atoms with Gasteiger partial charge in [-0.1, -0.05) is 71.5 Å². The fraction of sp³-hybridized carbons (Fsp3) is 0.192. The molecule has 1 aromatic heterocycles. The predicted molar refractivity (Wildman–Crippen MR) is 132 cm³/mol. The van der Waals surface area contributed by atoms with Crippen LogP contribution in [0.1, 0.15) is 19.4 Å². The first kappa shape index (κ1) is 26.1. The average molecular weight is 532 g/mol. The van der Waals surface area contributed by atoms with Crippen LogP contribution in [-0.4, -0.2) is 11.2 Å². The van der Waals surface area contributed by atoms with Crippen LogP contribution < -0.4 is 26.9 Å². The molecule has 3 nitrogen and oxygen atoms in total. The summed E-state index contributed by atoms with van der Waals surface area (Å²) in [7, 11) is 0. The topological polar surface area (TPSA) is 36.1 Å². The van der Waals surface area contributed by atoms with Gasteiger partial charge in [-0.2, -0.15) is 0 Å². The van der Waals surface area contributed by atoms with Crippen molar-refractivity contribution in [2.75, 3.05) is 5.32 Å². The van der Waals surface area contributed by atoms with Gasteiger partial charge in [0.1, 0.15) is 11.4 Å². The summed E-state index contributed by atoms with van der Waals surface area (Å²) in [5.41, 5.74) is 4.80. The molecule has 0 aliphatic carbocycles.